The molecule has 0 unspecified atom stereocenters. The zero-order valence-electron chi connectivity index (χ0n) is 28.0. The van der Waals surface area contributed by atoms with Crippen LogP contribution in [-0.4, -0.2) is 40.1 Å². The van der Waals surface area contributed by atoms with E-state index >= 15 is 0 Å². The maximum Gasteiger partial charge on any atom is 0.410 e. The Bertz CT molecular complexity index is 1820. The summed E-state index contributed by atoms with van der Waals surface area (Å²) in [5.74, 6) is 0.00124. The Balaban J connectivity index is 1.28. The van der Waals surface area contributed by atoms with Crippen molar-refractivity contribution in [2.75, 3.05) is 6.54 Å². The van der Waals surface area contributed by atoms with Gasteiger partial charge in [0.25, 0.3) is 0 Å². The van der Waals surface area contributed by atoms with E-state index in [-0.39, 0.29) is 17.8 Å². The molecule has 246 valence electrons. The number of fused-ring (bicyclic) bond motifs is 8. The van der Waals surface area contributed by atoms with Crippen LogP contribution in [-0.2, 0) is 17.7 Å². The molecule has 0 aromatic heterocycles. The molecule has 1 saturated heterocycles. The van der Waals surface area contributed by atoms with Crippen molar-refractivity contribution >= 4 is 11.9 Å². The number of aliphatic hydroxyl groups is 1. The molecule has 8 rings (SSSR count). The van der Waals surface area contributed by atoms with Crippen molar-refractivity contribution in [3.8, 4) is 11.1 Å². The molecular weight excluding hydrogens is 594 g/mol. The minimum atomic E-state index is -0.658. The Kier molecular flexibility index (Phi) is 8.82. The van der Waals surface area contributed by atoms with Crippen LogP contribution in [0.4, 0.5) is 4.79 Å². The highest BCUT2D eigenvalue weighted by molar-refractivity contribution is 6.10. The van der Waals surface area contributed by atoms with Crippen molar-refractivity contribution in [1.82, 2.24) is 4.90 Å². The van der Waals surface area contributed by atoms with Gasteiger partial charge in [-0.2, -0.15) is 0 Å². The SMILES string of the molecule is CC1=CCC[C@@]2(C)[C@@H](CC[C@@]23CN(Cc2ccccc2)C(=O)O3)c2ccc(cc2C(=O)c2ccc(-c3ccccc3)cc2)C[C@H](O)CC1. The van der Waals surface area contributed by atoms with E-state index in [2.05, 4.69) is 56.3 Å². The number of benzene rings is 4. The van der Waals surface area contributed by atoms with Crippen LogP contribution >= 0.6 is 0 Å². The molecule has 4 aromatic rings. The van der Waals surface area contributed by atoms with E-state index in [4.69, 9.17) is 4.74 Å². The quantitative estimate of drug-likeness (QED) is 0.175. The lowest BCUT2D eigenvalue weighted by molar-refractivity contribution is -0.0373. The predicted octanol–water partition coefficient (Wildman–Crippen LogP) is 9.28. The zero-order valence-corrected chi connectivity index (χ0v) is 28.0. The summed E-state index contributed by atoms with van der Waals surface area (Å²) in [7, 11) is 0. The van der Waals surface area contributed by atoms with E-state index in [0.717, 1.165) is 59.9 Å². The number of aliphatic hydroxyl groups excluding tert-OH is 1. The standard InChI is InChI=1S/C43H45NO4/c1-30-10-9-24-42(2)39(23-25-43(42)29-44(41(47)48-43)28-31-11-5-3-6-12-31)37-22-16-32(26-36(45)21-15-30)27-38(37)40(46)35-19-17-34(18-20-35)33-13-7-4-8-14-33/h3-8,10-14,16-20,22,27,36,39,45H,9,15,21,23-26,28-29H2,1-2H3/t36-,39+,42+,43-/m1/s1. The van der Waals surface area contributed by atoms with Crippen molar-refractivity contribution in [1.29, 1.82) is 0 Å². The van der Waals surface area contributed by atoms with Gasteiger partial charge in [0.15, 0.2) is 5.78 Å². The Labute approximate surface area is 284 Å². The highest BCUT2D eigenvalue weighted by atomic mass is 16.6. The Morgan fingerprint density at radius 3 is 2.35 bits per heavy atom. The fourth-order valence-corrected chi connectivity index (χ4v) is 8.51. The first-order chi connectivity index (χ1) is 23.2. The lowest BCUT2D eigenvalue weighted by atomic mass is 9.64. The molecule has 1 spiro atoms. The summed E-state index contributed by atoms with van der Waals surface area (Å²) in [5.41, 5.74) is 6.78. The second-order valence-electron chi connectivity index (χ2n) is 14.4. The molecule has 5 nitrogen and oxygen atoms in total. The highest BCUT2D eigenvalue weighted by Gasteiger charge is 2.63. The molecule has 48 heavy (non-hydrogen) atoms. The molecule has 4 atom stereocenters. The first-order valence-corrected chi connectivity index (χ1v) is 17.4. The van der Waals surface area contributed by atoms with Gasteiger partial charge in [0.1, 0.15) is 5.60 Å². The summed E-state index contributed by atoms with van der Waals surface area (Å²) >= 11 is 0. The molecule has 0 radical (unpaired) electrons. The normalized spacial score (nSPS) is 25.8. The molecule has 5 heteroatoms. The van der Waals surface area contributed by atoms with Gasteiger partial charge in [0.2, 0.25) is 0 Å². The van der Waals surface area contributed by atoms with Gasteiger partial charge < -0.3 is 9.84 Å². The van der Waals surface area contributed by atoms with Crippen LogP contribution in [0.3, 0.4) is 0 Å². The van der Waals surface area contributed by atoms with Crippen LogP contribution in [0.5, 0.6) is 0 Å². The van der Waals surface area contributed by atoms with Crippen molar-refractivity contribution in [3.05, 3.63) is 143 Å². The second kappa shape index (κ2) is 13.2. The number of amides is 1. The van der Waals surface area contributed by atoms with Gasteiger partial charge in [0.05, 0.1) is 12.6 Å². The summed E-state index contributed by atoms with van der Waals surface area (Å²) in [6.07, 6.45) is 6.78. The predicted molar refractivity (Wildman–Crippen MR) is 190 cm³/mol. The first kappa shape index (κ1) is 32.1. The average molecular weight is 640 g/mol. The van der Waals surface area contributed by atoms with Crippen LogP contribution in [0, 0.1) is 5.41 Å². The van der Waals surface area contributed by atoms with Crippen LogP contribution in [0.15, 0.2) is 115 Å². The molecule has 1 aliphatic heterocycles. The number of carbonyl (C=O) groups excluding carboxylic acids is 2. The molecule has 1 amide bonds. The maximum atomic E-state index is 14.5. The molecule has 4 aliphatic rings. The van der Waals surface area contributed by atoms with Crippen molar-refractivity contribution < 1.29 is 19.4 Å². The van der Waals surface area contributed by atoms with Gasteiger partial charge in [-0.25, -0.2) is 4.79 Å². The number of ether oxygens (including phenoxy) is 1. The van der Waals surface area contributed by atoms with E-state index in [1.807, 2.05) is 71.6 Å². The van der Waals surface area contributed by atoms with E-state index in [9.17, 15) is 14.7 Å². The summed E-state index contributed by atoms with van der Waals surface area (Å²) in [5, 5.41) is 11.0. The Hall–Kier alpha value is -4.48. The number of hydrogen-bond donors (Lipinski definition) is 1. The molecule has 1 N–H and O–H groups in total. The van der Waals surface area contributed by atoms with Gasteiger partial charge in [-0.15, -0.1) is 0 Å². The number of ketones is 1. The fraction of sp³-hybridized carbons (Fsp3) is 0.349. The topological polar surface area (TPSA) is 66.8 Å². The molecule has 1 heterocycles. The number of rotatable bonds is 5. The van der Waals surface area contributed by atoms with E-state index in [0.29, 0.717) is 37.1 Å². The van der Waals surface area contributed by atoms with Crippen LogP contribution in [0.2, 0.25) is 0 Å². The molecule has 2 fully saturated rings. The second-order valence-corrected chi connectivity index (χ2v) is 14.4. The molecule has 3 aliphatic carbocycles. The summed E-state index contributed by atoms with van der Waals surface area (Å²) in [4.78, 5) is 29.9. The van der Waals surface area contributed by atoms with Crippen molar-refractivity contribution in [3.63, 3.8) is 0 Å². The molecular formula is C43H45NO4. The third-order valence-corrected chi connectivity index (χ3v) is 11.3. The maximum absolute atomic E-state index is 14.5. The van der Waals surface area contributed by atoms with Gasteiger partial charge in [-0.3, -0.25) is 9.69 Å². The van der Waals surface area contributed by atoms with Crippen LogP contribution < -0.4 is 0 Å². The van der Waals surface area contributed by atoms with E-state index in [1.54, 1.807) is 0 Å². The van der Waals surface area contributed by atoms with E-state index < -0.39 is 17.1 Å². The van der Waals surface area contributed by atoms with Crippen molar-refractivity contribution in [2.45, 2.75) is 83.0 Å². The average Bonchev–Trinajstić information content (AvgIpc) is 3.57. The van der Waals surface area contributed by atoms with Gasteiger partial charge in [-0.1, -0.05) is 116 Å². The molecule has 1 saturated carbocycles. The Morgan fingerprint density at radius 2 is 1.60 bits per heavy atom. The van der Waals surface area contributed by atoms with Gasteiger partial charge in [-0.05, 0) is 91.7 Å². The number of carbonyl (C=O) groups is 2. The van der Waals surface area contributed by atoms with Crippen molar-refractivity contribution in [2.24, 2.45) is 5.41 Å². The number of nitrogens with zero attached hydrogens (tertiary/aromatic N) is 1. The number of allylic oxidation sites excluding steroid dienone is 2. The third-order valence-electron chi connectivity index (χ3n) is 11.3. The lowest BCUT2D eigenvalue weighted by Crippen LogP contribution is -2.48. The lowest BCUT2D eigenvalue weighted by Gasteiger charge is -2.43. The zero-order chi connectivity index (χ0) is 33.3. The fourth-order valence-electron chi connectivity index (χ4n) is 8.51. The van der Waals surface area contributed by atoms with Crippen LogP contribution in [0.25, 0.3) is 11.1 Å². The molecule has 4 aromatic carbocycles. The largest absolute Gasteiger partial charge is 0.440 e. The minimum absolute atomic E-state index is 0.0128. The number of hydrogen-bond acceptors (Lipinski definition) is 4. The monoisotopic (exact) mass is 639 g/mol. The van der Waals surface area contributed by atoms with Gasteiger partial charge >= 0.3 is 6.09 Å². The minimum Gasteiger partial charge on any atom is -0.440 e. The Morgan fingerprint density at radius 1 is 0.896 bits per heavy atom. The summed E-state index contributed by atoms with van der Waals surface area (Å²) < 4.78 is 6.50. The van der Waals surface area contributed by atoms with Crippen LogP contribution in [0.1, 0.15) is 90.9 Å². The first-order valence-electron chi connectivity index (χ1n) is 17.4. The summed E-state index contributed by atoms with van der Waals surface area (Å²) in [6.45, 7) is 5.49. The third kappa shape index (κ3) is 6.12. The smallest absolute Gasteiger partial charge is 0.410 e. The van der Waals surface area contributed by atoms with E-state index in [1.165, 1.54) is 5.57 Å². The molecule has 2 bridgehead atoms. The highest BCUT2D eigenvalue weighted by Crippen LogP contribution is 2.61. The summed E-state index contributed by atoms with van der Waals surface area (Å²) in [6, 6.07) is 34.4. The van der Waals surface area contributed by atoms with Gasteiger partial charge in [0, 0.05) is 23.1 Å².